The molecule has 1 aromatic rings. The molecule has 2 amide bonds. The summed E-state index contributed by atoms with van der Waals surface area (Å²) in [4.78, 5) is 44.0. The number of ether oxygens (including phenoxy) is 2. The molecule has 10 nitrogen and oxygen atoms in total. The van der Waals surface area contributed by atoms with Gasteiger partial charge in [-0.05, 0) is 34.1 Å². The van der Waals surface area contributed by atoms with Crippen molar-refractivity contribution < 1.29 is 28.7 Å². The molecule has 0 saturated carbocycles. The minimum absolute atomic E-state index is 0.132. The van der Waals surface area contributed by atoms with Gasteiger partial charge in [0.25, 0.3) is 0 Å². The number of nitrogens with zero attached hydrogens (tertiary/aromatic N) is 2. The zero-order chi connectivity index (χ0) is 21.2. The zero-order valence-electron chi connectivity index (χ0n) is 16.6. The van der Waals surface area contributed by atoms with Crippen molar-refractivity contribution in [1.29, 1.82) is 0 Å². The first-order valence-corrected chi connectivity index (χ1v) is 9.62. The molecule has 2 N–H and O–H groups in total. The number of hydrogen-bond acceptors (Lipinski definition) is 9. The number of aromatic nitrogens is 1. The van der Waals surface area contributed by atoms with E-state index in [0.717, 1.165) is 11.3 Å². The molecular formula is C17H26N4O6S. The van der Waals surface area contributed by atoms with Gasteiger partial charge >= 0.3 is 12.1 Å². The van der Waals surface area contributed by atoms with Crippen molar-refractivity contribution in [2.75, 3.05) is 18.5 Å². The van der Waals surface area contributed by atoms with Gasteiger partial charge in [-0.15, -0.1) is 11.3 Å². The molecular weight excluding hydrogens is 388 g/mol. The van der Waals surface area contributed by atoms with Crippen LogP contribution in [0.3, 0.4) is 0 Å². The lowest BCUT2D eigenvalue weighted by Gasteiger charge is -2.21. The van der Waals surface area contributed by atoms with Gasteiger partial charge in [-0.3, -0.25) is 4.79 Å². The summed E-state index contributed by atoms with van der Waals surface area (Å²) >= 11 is 1.13. The molecule has 0 spiro atoms. The molecule has 11 heteroatoms. The van der Waals surface area contributed by atoms with Gasteiger partial charge in [-0.25, -0.2) is 14.6 Å². The second-order valence-electron chi connectivity index (χ2n) is 6.48. The Morgan fingerprint density at radius 1 is 1.36 bits per heavy atom. The van der Waals surface area contributed by atoms with Crippen molar-refractivity contribution in [3.8, 4) is 0 Å². The van der Waals surface area contributed by atoms with Crippen LogP contribution in [0.25, 0.3) is 0 Å². The highest BCUT2D eigenvalue weighted by atomic mass is 32.1. The second kappa shape index (κ2) is 11.2. The molecule has 156 valence electrons. The van der Waals surface area contributed by atoms with Gasteiger partial charge in [0.15, 0.2) is 5.13 Å². The predicted octanol–water partition coefficient (Wildman–Crippen LogP) is 2.30. The molecule has 1 atom stereocenters. The fourth-order valence-electron chi connectivity index (χ4n) is 1.78. The summed E-state index contributed by atoms with van der Waals surface area (Å²) in [5.41, 5.74) is -0.532. The number of thiazole rings is 1. The molecule has 0 fully saturated rings. The van der Waals surface area contributed by atoms with Crippen LogP contribution in [0.2, 0.25) is 0 Å². The van der Waals surface area contributed by atoms with Crippen LogP contribution in [-0.4, -0.2) is 54.0 Å². The number of carbonyl (C=O) groups is 3. The van der Waals surface area contributed by atoms with E-state index in [-0.39, 0.29) is 24.6 Å². The number of esters is 1. The number of carbonyl (C=O) groups excluding carboxylic acids is 3. The van der Waals surface area contributed by atoms with Crippen molar-refractivity contribution in [2.24, 2.45) is 5.16 Å². The Bertz CT molecular complexity index is 698. The minimum atomic E-state index is -0.708. The Labute approximate surface area is 167 Å². The van der Waals surface area contributed by atoms with E-state index in [1.54, 1.807) is 33.1 Å². The minimum Gasteiger partial charge on any atom is -0.461 e. The van der Waals surface area contributed by atoms with E-state index in [0.29, 0.717) is 18.0 Å². The first kappa shape index (κ1) is 23.3. The van der Waals surface area contributed by atoms with Crippen molar-refractivity contribution >= 4 is 40.7 Å². The summed E-state index contributed by atoms with van der Waals surface area (Å²) in [7, 11) is 0. The van der Waals surface area contributed by atoms with E-state index in [2.05, 4.69) is 20.8 Å². The van der Waals surface area contributed by atoms with E-state index in [1.807, 2.05) is 6.92 Å². The number of oxime groups is 1. The third-order valence-corrected chi connectivity index (χ3v) is 3.79. The second-order valence-corrected chi connectivity index (χ2v) is 7.34. The molecule has 0 aliphatic rings. The average molecular weight is 414 g/mol. The smallest absolute Gasteiger partial charge is 0.407 e. The highest BCUT2D eigenvalue weighted by Crippen LogP contribution is 2.16. The highest BCUT2D eigenvalue weighted by molar-refractivity contribution is 7.14. The van der Waals surface area contributed by atoms with Gasteiger partial charge < -0.3 is 24.9 Å². The van der Waals surface area contributed by atoms with Crippen LogP contribution in [0.15, 0.2) is 10.5 Å². The highest BCUT2D eigenvalue weighted by Gasteiger charge is 2.22. The van der Waals surface area contributed by atoms with Crippen LogP contribution in [0.1, 0.15) is 46.7 Å². The molecule has 0 aliphatic carbocycles. The summed E-state index contributed by atoms with van der Waals surface area (Å²) < 4.78 is 10.1. The first-order valence-electron chi connectivity index (χ1n) is 8.74. The Hall–Kier alpha value is -2.69. The maximum absolute atomic E-state index is 12.2. The number of anilines is 1. The van der Waals surface area contributed by atoms with E-state index < -0.39 is 23.8 Å². The van der Waals surface area contributed by atoms with Crippen molar-refractivity contribution in [1.82, 2.24) is 10.3 Å². The van der Waals surface area contributed by atoms with Gasteiger partial charge in [0.1, 0.15) is 17.4 Å². The largest absolute Gasteiger partial charge is 0.461 e. The van der Waals surface area contributed by atoms with E-state index >= 15 is 0 Å². The van der Waals surface area contributed by atoms with E-state index in [9.17, 15) is 14.4 Å². The normalized spacial score (nSPS) is 12.7. The van der Waals surface area contributed by atoms with Crippen LogP contribution in [0.5, 0.6) is 0 Å². The number of amides is 2. The third-order valence-electron chi connectivity index (χ3n) is 3.02. The Morgan fingerprint density at radius 2 is 2.07 bits per heavy atom. The molecule has 1 rings (SSSR count). The summed E-state index contributed by atoms with van der Waals surface area (Å²) in [6.07, 6.45) is -0.0726. The van der Waals surface area contributed by atoms with E-state index in [1.165, 1.54) is 0 Å². The predicted molar refractivity (Wildman–Crippen MR) is 104 cm³/mol. The lowest BCUT2D eigenvalue weighted by Crippen LogP contribution is -2.37. The molecule has 0 aromatic carbocycles. The summed E-state index contributed by atoms with van der Waals surface area (Å²) in [5, 5.41) is 10.7. The maximum atomic E-state index is 12.2. The molecule has 1 unspecified atom stereocenters. The number of nitrogens with one attached hydrogen (secondary N) is 2. The van der Waals surface area contributed by atoms with E-state index in [4.69, 9.17) is 14.3 Å². The summed E-state index contributed by atoms with van der Waals surface area (Å²) in [6, 6.07) is 0. The molecule has 0 radical (unpaired) electrons. The monoisotopic (exact) mass is 414 g/mol. The molecule has 0 saturated heterocycles. The van der Waals surface area contributed by atoms with Crippen LogP contribution >= 0.6 is 11.3 Å². The Balaban J connectivity index is 2.83. The van der Waals surface area contributed by atoms with Gasteiger partial charge in [-0.2, -0.15) is 0 Å². The fraction of sp³-hybridized carbons (Fsp3) is 0.588. The van der Waals surface area contributed by atoms with Crippen LogP contribution in [0.4, 0.5) is 9.93 Å². The lowest BCUT2D eigenvalue weighted by atomic mass is 10.2. The van der Waals surface area contributed by atoms with Crippen molar-refractivity contribution in [2.45, 2.75) is 52.7 Å². The Kier molecular flexibility index (Phi) is 9.36. The van der Waals surface area contributed by atoms with Crippen molar-refractivity contribution in [3.63, 3.8) is 0 Å². The zero-order valence-corrected chi connectivity index (χ0v) is 17.4. The van der Waals surface area contributed by atoms with Gasteiger partial charge in [-0.1, -0.05) is 12.1 Å². The SMILES string of the molecule is CCOC(=O)C(=NOC(CC)CNC(=O)OC(C)(C)C)c1csc(NC=O)n1. The fourth-order valence-corrected chi connectivity index (χ4v) is 2.44. The first-order chi connectivity index (χ1) is 13.2. The quantitative estimate of drug-likeness (QED) is 0.260. The topological polar surface area (TPSA) is 128 Å². The van der Waals surface area contributed by atoms with Gasteiger partial charge in [0, 0.05) is 5.38 Å². The average Bonchev–Trinajstić information content (AvgIpc) is 3.05. The van der Waals surface area contributed by atoms with Gasteiger partial charge in [0.2, 0.25) is 12.1 Å². The Morgan fingerprint density at radius 3 is 2.64 bits per heavy atom. The molecule has 1 heterocycles. The van der Waals surface area contributed by atoms with Crippen LogP contribution in [0, 0.1) is 0 Å². The number of rotatable bonds is 10. The lowest BCUT2D eigenvalue weighted by molar-refractivity contribution is -0.135. The maximum Gasteiger partial charge on any atom is 0.407 e. The number of alkyl carbamates (subject to hydrolysis) is 1. The molecule has 0 bridgehead atoms. The summed E-state index contributed by atoms with van der Waals surface area (Å²) in [6.45, 7) is 9.08. The third kappa shape index (κ3) is 8.33. The van der Waals surface area contributed by atoms with Crippen LogP contribution in [-0.2, 0) is 23.9 Å². The molecule has 1 aromatic heterocycles. The molecule has 28 heavy (non-hydrogen) atoms. The summed E-state index contributed by atoms with van der Waals surface area (Å²) in [5.74, 6) is -0.708. The van der Waals surface area contributed by atoms with Crippen molar-refractivity contribution in [3.05, 3.63) is 11.1 Å². The number of hydrogen-bond donors (Lipinski definition) is 2. The van der Waals surface area contributed by atoms with Crippen LogP contribution < -0.4 is 10.6 Å². The van der Waals surface area contributed by atoms with Gasteiger partial charge in [0.05, 0.1) is 13.2 Å². The molecule has 0 aliphatic heterocycles. The standard InChI is InChI=1S/C17H26N4O6S/c1-6-11(8-18-16(24)26-17(3,4)5)27-21-13(14(23)25-7-2)12-9-28-15(20-12)19-10-22/h9-11H,6-8H2,1-5H3,(H,18,24)(H,19,20,22).